The molecule has 7 heteroatoms. The van der Waals surface area contributed by atoms with E-state index in [1.54, 1.807) is 12.1 Å². The number of rotatable bonds is 4. The summed E-state index contributed by atoms with van der Waals surface area (Å²) in [5.74, 6) is -1.53. The van der Waals surface area contributed by atoms with Crippen molar-refractivity contribution in [3.63, 3.8) is 0 Å². The number of allylic oxidation sites excluding steroid dienone is 1. The number of hydrogen-bond acceptors (Lipinski definition) is 6. The first-order valence-electron chi connectivity index (χ1n) is 12.7. The van der Waals surface area contributed by atoms with E-state index in [2.05, 4.69) is 72.1 Å². The van der Waals surface area contributed by atoms with E-state index in [-0.39, 0.29) is 23.7 Å². The highest BCUT2D eigenvalue weighted by Gasteiger charge is 2.44. The Morgan fingerprint density at radius 1 is 0.972 bits per heavy atom. The molecule has 2 saturated heterocycles. The van der Waals surface area contributed by atoms with Crippen molar-refractivity contribution in [3.05, 3.63) is 94.9 Å². The van der Waals surface area contributed by atoms with Gasteiger partial charge in [-0.3, -0.25) is 14.6 Å². The zero-order valence-corrected chi connectivity index (χ0v) is 21.1. The number of carbonyl (C=O) groups excluding carboxylic acids is 2. The van der Waals surface area contributed by atoms with Crippen molar-refractivity contribution < 1.29 is 14.7 Å². The molecule has 2 aliphatic heterocycles. The zero-order valence-electron chi connectivity index (χ0n) is 21.1. The minimum Gasteiger partial charge on any atom is -0.503 e. The van der Waals surface area contributed by atoms with E-state index in [4.69, 9.17) is 0 Å². The number of likely N-dealkylation sites (N-methyl/N-ethyl adjacent to an activating group) is 1. The number of ketones is 1. The maximum Gasteiger partial charge on any atom is 0.276 e. The molecule has 0 saturated carbocycles. The third-order valence-electron chi connectivity index (χ3n) is 7.90. The van der Waals surface area contributed by atoms with Crippen molar-refractivity contribution in [2.75, 3.05) is 33.9 Å². The van der Waals surface area contributed by atoms with Crippen LogP contribution in [0.4, 0.5) is 0 Å². The highest BCUT2D eigenvalue weighted by Crippen LogP contribution is 2.40. The molecule has 0 aromatic heterocycles. The van der Waals surface area contributed by atoms with E-state index < -0.39 is 11.5 Å². The molecule has 0 radical (unpaired) electrons. The van der Waals surface area contributed by atoms with Crippen molar-refractivity contribution in [1.29, 1.82) is 0 Å². The van der Waals surface area contributed by atoms with Gasteiger partial charge < -0.3 is 14.9 Å². The van der Waals surface area contributed by atoms with Gasteiger partial charge in [0.05, 0.1) is 12.7 Å². The zero-order chi connectivity index (χ0) is 25.4. The first kappa shape index (κ1) is 24.3. The first-order chi connectivity index (χ1) is 17.4. The number of amides is 1. The highest BCUT2D eigenvalue weighted by atomic mass is 16.3. The van der Waals surface area contributed by atoms with Crippen LogP contribution in [0.25, 0.3) is 0 Å². The lowest BCUT2D eigenvalue weighted by atomic mass is 9.93. The summed E-state index contributed by atoms with van der Waals surface area (Å²) in [6.07, 6.45) is 4.62. The van der Waals surface area contributed by atoms with Crippen LogP contribution in [-0.2, 0) is 22.4 Å². The Hall–Kier alpha value is -3.42. The van der Waals surface area contributed by atoms with Crippen LogP contribution < -0.4 is 0 Å². The quantitative estimate of drug-likeness (QED) is 0.528. The average molecular weight is 487 g/mol. The number of hydrazine groups is 1. The van der Waals surface area contributed by atoms with Crippen LogP contribution in [-0.4, -0.2) is 76.5 Å². The molecule has 36 heavy (non-hydrogen) atoms. The maximum atomic E-state index is 13.8. The van der Waals surface area contributed by atoms with Gasteiger partial charge in [0.2, 0.25) is 5.78 Å². The van der Waals surface area contributed by atoms with Crippen LogP contribution in [0, 0.1) is 0 Å². The number of benzene rings is 2. The topological polar surface area (TPSA) is 67.3 Å². The molecule has 188 valence electrons. The third-order valence-corrected chi connectivity index (χ3v) is 7.90. The normalized spacial score (nSPS) is 21.6. The van der Waals surface area contributed by atoms with Gasteiger partial charge >= 0.3 is 0 Å². The summed E-state index contributed by atoms with van der Waals surface area (Å²) in [6, 6.07) is 16.8. The molecule has 3 aliphatic rings. The summed E-state index contributed by atoms with van der Waals surface area (Å²) in [6.45, 7) is 5.69. The summed E-state index contributed by atoms with van der Waals surface area (Å²) < 4.78 is 0. The number of fused-ring (bicyclic) bond motifs is 2. The molecule has 5 rings (SSSR count). The maximum absolute atomic E-state index is 13.8. The van der Waals surface area contributed by atoms with Gasteiger partial charge in [0.1, 0.15) is 0 Å². The third kappa shape index (κ3) is 4.22. The molecule has 2 fully saturated rings. The molecule has 0 bridgehead atoms. The van der Waals surface area contributed by atoms with Crippen molar-refractivity contribution in [2.45, 2.75) is 37.8 Å². The van der Waals surface area contributed by atoms with Crippen LogP contribution in [0.1, 0.15) is 41.1 Å². The predicted octanol–water partition coefficient (Wildman–Crippen LogP) is 3.44. The molecule has 2 aromatic carbocycles. The number of carbonyl (C=O) groups is 2. The summed E-state index contributed by atoms with van der Waals surface area (Å²) in [7, 11) is 3.86. The van der Waals surface area contributed by atoms with Crippen molar-refractivity contribution in [1.82, 2.24) is 19.8 Å². The van der Waals surface area contributed by atoms with E-state index in [9.17, 15) is 14.7 Å². The van der Waals surface area contributed by atoms with Crippen LogP contribution in [0.5, 0.6) is 0 Å². The van der Waals surface area contributed by atoms with E-state index in [0.29, 0.717) is 6.67 Å². The minimum absolute atomic E-state index is 0.00397. The number of likely N-dealkylation sites (tertiary alicyclic amines) is 1. The smallest absolute Gasteiger partial charge is 0.276 e. The van der Waals surface area contributed by atoms with Crippen LogP contribution in [0.2, 0.25) is 0 Å². The molecule has 0 unspecified atom stereocenters. The Morgan fingerprint density at radius 2 is 1.53 bits per heavy atom. The van der Waals surface area contributed by atoms with Gasteiger partial charge in [-0.1, -0.05) is 55.1 Å². The summed E-state index contributed by atoms with van der Waals surface area (Å²) in [4.78, 5) is 30.4. The van der Waals surface area contributed by atoms with Gasteiger partial charge in [0.15, 0.2) is 11.5 Å². The lowest BCUT2D eigenvalue weighted by molar-refractivity contribution is -0.158. The summed E-state index contributed by atoms with van der Waals surface area (Å²) in [5.41, 5.74) is 4.91. The number of aryl methyl sites for hydroxylation is 2. The van der Waals surface area contributed by atoms with Gasteiger partial charge in [0, 0.05) is 13.1 Å². The molecular formula is C29H34N4O3. The fourth-order valence-electron chi connectivity index (χ4n) is 5.84. The molecule has 1 aliphatic carbocycles. The van der Waals surface area contributed by atoms with Crippen LogP contribution in [0.15, 0.2) is 72.6 Å². The van der Waals surface area contributed by atoms with E-state index in [1.807, 2.05) is 4.90 Å². The second kappa shape index (κ2) is 9.91. The molecular weight excluding hydrogens is 452 g/mol. The highest BCUT2D eigenvalue weighted by molar-refractivity contribution is 6.08. The molecule has 2 aromatic rings. The van der Waals surface area contributed by atoms with Crippen molar-refractivity contribution >= 4 is 11.7 Å². The van der Waals surface area contributed by atoms with Crippen molar-refractivity contribution in [2.24, 2.45) is 0 Å². The first-order valence-corrected chi connectivity index (χ1v) is 12.7. The van der Waals surface area contributed by atoms with E-state index in [0.717, 1.165) is 44.8 Å². The Bertz CT molecular complexity index is 1170. The number of nitrogens with zero attached hydrogens (tertiary/aromatic N) is 4. The van der Waals surface area contributed by atoms with E-state index >= 15 is 0 Å². The molecule has 1 amide bonds. The summed E-state index contributed by atoms with van der Waals surface area (Å²) in [5, 5.41) is 14.8. The molecule has 0 spiro atoms. The molecule has 2 heterocycles. The van der Waals surface area contributed by atoms with Gasteiger partial charge in [-0.2, -0.15) is 5.01 Å². The Morgan fingerprint density at radius 3 is 2.08 bits per heavy atom. The van der Waals surface area contributed by atoms with Gasteiger partial charge in [-0.05, 0) is 74.2 Å². The fourth-order valence-corrected chi connectivity index (χ4v) is 5.84. The second-order valence-electron chi connectivity index (χ2n) is 9.98. The van der Waals surface area contributed by atoms with Gasteiger partial charge in [0.25, 0.3) is 5.91 Å². The Labute approximate surface area is 212 Å². The second-order valence-corrected chi connectivity index (χ2v) is 9.98. The van der Waals surface area contributed by atoms with Crippen LogP contribution in [0.3, 0.4) is 0 Å². The van der Waals surface area contributed by atoms with Gasteiger partial charge in [-0.25, -0.2) is 0 Å². The minimum atomic E-state index is -0.656. The Kier molecular flexibility index (Phi) is 6.69. The van der Waals surface area contributed by atoms with Crippen molar-refractivity contribution in [3.8, 4) is 0 Å². The standard InChI is InChI=1S/C29H34N4O3/c1-4-25(34)28(35)27-29(36)32(22-15-17-30(2)18-16-22)19-33(31(27)3)26-23-11-7-5-9-20(23)13-14-21-10-6-8-12-24(21)26/h4-12,22,26,35H,1,13-19H2,2-3H3/b28-27+. The summed E-state index contributed by atoms with van der Waals surface area (Å²) >= 11 is 0. The lowest BCUT2D eigenvalue weighted by Crippen LogP contribution is -2.61. The SMILES string of the molecule is C=CC(=O)/C(O)=C1/C(=O)N(C2CCN(C)CC2)CN(C2c3ccccc3CCc3ccccc32)N1C. The lowest BCUT2D eigenvalue weighted by Gasteiger charge is -2.50. The largest absolute Gasteiger partial charge is 0.503 e. The number of hydrogen-bond donors (Lipinski definition) is 1. The number of piperidine rings is 1. The van der Waals surface area contributed by atoms with Gasteiger partial charge in [-0.15, -0.1) is 0 Å². The number of aliphatic hydroxyl groups is 1. The fraction of sp³-hybridized carbons (Fsp3) is 0.379. The average Bonchev–Trinajstić information content (AvgIpc) is 3.06. The van der Waals surface area contributed by atoms with E-state index in [1.165, 1.54) is 22.3 Å². The molecule has 1 N–H and O–H groups in total. The predicted molar refractivity (Wildman–Crippen MR) is 139 cm³/mol. The number of aliphatic hydroxyl groups excluding tert-OH is 1. The molecule has 0 atom stereocenters. The Balaban J connectivity index is 1.66. The monoisotopic (exact) mass is 486 g/mol. The van der Waals surface area contributed by atoms with Crippen LogP contribution >= 0.6 is 0 Å². The molecule has 7 nitrogen and oxygen atoms in total.